The Morgan fingerprint density at radius 3 is 3.00 bits per heavy atom. The van der Waals surface area contributed by atoms with Crippen LogP contribution in [0.25, 0.3) is 11.1 Å². The van der Waals surface area contributed by atoms with Gasteiger partial charge in [-0.05, 0) is 17.7 Å². The molecule has 0 unspecified atom stereocenters. The summed E-state index contributed by atoms with van der Waals surface area (Å²) < 4.78 is 5.27. The summed E-state index contributed by atoms with van der Waals surface area (Å²) in [5.74, 6) is 0. The van der Waals surface area contributed by atoms with E-state index in [-0.39, 0.29) is 10.7 Å². The summed E-state index contributed by atoms with van der Waals surface area (Å²) in [6.07, 6.45) is 1.43. The summed E-state index contributed by atoms with van der Waals surface area (Å²) in [4.78, 5) is 14.9. The number of hydrogen-bond donors (Lipinski definition) is 2. The third kappa shape index (κ3) is 2.61. The number of carbonyl (C=O) groups is 1. The largest absolute Gasteiger partial charge is 0.443 e. The van der Waals surface area contributed by atoms with Crippen LogP contribution in [0.1, 0.15) is 19.4 Å². The lowest BCUT2D eigenvalue weighted by Gasteiger charge is -2.25. The highest BCUT2D eigenvalue weighted by Gasteiger charge is 2.21. The number of carbonyl (C=O) groups excluding carboxylic acids is 1. The Morgan fingerprint density at radius 1 is 1.53 bits per heavy atom. The van der Waals surface area contributed by atoms with Crippen molar-refractivity contribution < 1.29 is 9.21 Å². The second kappa shape index (κ2) is 4.41. The standard InChI is InChI=1S/C12H14N2O2S/c1-12(2,6-13-11(15)17)8-3-4-9-10(5-8)16-7-14-9/h3-5,7H,6H2,1-2H3,(H2,13,15,17). The van der Waals surface area contributed by atoms with Crippen LogP contribution in [0.2, 0.25) is 0 Å². The highest BCUT2D eigenvalue weighted by molar-refractivity contribution is 7.96. The first-order valence-electron chi connectivity index (χ1n) is 5.29. The molecule has 0 fully saturated rings. The van der Waals surface area contributed by atoms with Crippen molar-refractivity contribution in [2.24, 2.45) is 0 Å². The molecule has 2 aromatic rings. The SMILES string of the molecule is CC(C)(CNC(=O)S)c1ccc2ncoc2c1. The summed E-state index contributed by atoms with van der Waals surface area (Å²) >= 11 is 3.69. The van der Waals surface area contributed by atoms with Crippen LogP contribution < -0.4 is 5.32 Å². The normalized spacial score (nSPS) is 11.7. The third-order valence-corrected chi connectivity index (χ3v) is 2.95. The quantitative estimate of drug-likeness (QED) is 0.823. The van der Waals surface area contributed by atoms with Crippen molar-refractivity contribution in [3.63, 3.8) is 0 Å². The zero-order valence-electron chi connectivity index (χ0n) is 9.73. The van der Waals surface area contributed by atoms with Crippen LogP contribution in [0.4, 0.5) is 4.79 Å². The average molecular weight is 250 g/mol. The number of benzene rings is 1. The van der Waals surface area contributed by atoms with Crippen LogP contribution in [0.15, 0.2) is 29.0 Å². The molecule has 2 rings (SSSR count). The highest BCUT2D eigenvalue weighted by atomic mass is 32.1. The van der Waals surface area contributed by atoms with Gasteiger partial charge in [-0.25, -0.2) is 4.98 Å². The van der Waals surface area contributed by atoms with Gasteiger partial charge in [0.1, 0.15) is 5.52 Å². The van der Waals surface area contributed by atoms with Gasteiger partial charge >= 0.3 is 0 Å². The van der Waals surface area contributed by atoms with Crippen molar-refractivity contribution in [1.29, 1.82) is 0 Å². The number of thiol groups is 1. The van der Waals surface area contributed by atoms with Crippen molar-refractivity contribution in [2.75, 3.05) is 6.54 Å². The van der Waals surface area contributed by atoms with Gasteiger partial charge in [0.05, 0.1) is 0 Å². The van der Waals surface area contributed by atoms with Crippen molar-refractivity contribution in [3.05, 3.63) is 30.2 Å². The predicted octanol–water partition coefficient (Wildman–Crippen LogP) is 2.74. The first kappa shape index (κ1) is 12.0. The van der Waals surface area contributed by atoms with Gasteiger partial charge in [-0.1, -0.05) is 32.5 Å². The lowest BCUT2D eigenvalue weighted by Crippen LogP contribution is -2.34. The molecule has 17 heavy (non-hydrogen) atoms. The molecule has 1 aromatic heterocycles. The Hall–Kier alpha value is -1.49. The number of hydrogen-bond acceptors (Lipinski definition) is 3. The fourth-order valence-electron chi connectivity index (χ4n) is 1.67. The maximum absolute atomic E-state index is 10.8. The molecular formula is C12H14N2O2S. The van der Waals surface area contributed by atoms with Gasteiger partial charge in [-0.2, -0.15) is 0 Å². The van der Waals surface area contributed by atoms with Crippen LogP contribution in [0.3, 0.4) is 0 Å². The molecule has 1 heterocycles. The monoisotopic (exact) mass is 250 g/mol. The van der Waals surface area contributed by atoms with Crippen LogP contribution in [-0.4, -0.2) is 16.8 Å². The topological polar surface area (TPSA) is 55.1 Å². The Bertz CT molecular complexity index is 548. The van der Waals surface area contributed by atoms with E-state index < -0.39 is 0 Å². The number of aromatic nitrogens is 1. The summed E-state index contributed by atoms with van der Waals surface area (Å²) in [7, 11) is 0. The lowest BCUT2D eigenvalue weighted by atomic mass is 9.84. The maximum Gasteiger partial charge on any atom is 0.276 e. The number of amides is 1. The summed E-state index contributed by atoms with van der Waals surface area (Å²) in [6, 6.07) is 5.86. The zero-order chi connectivity index (χ0) is 12.5. The summed E-state index contributed by atoms with van der Waals surface area (Å²) in [5, 5.41) is 2.38. The maximum atomic E-state index is 10.8. The first-order valence-corrected chi connectivity index (χ1v) is 5.74. The average Bonchev–Trinajstić information content (AvgIpc) is 2.73. The van der Waals surface area contributed by atoms with Gasteiger partial charge in [-0.15, -0.1) is 0 Å². The van der Waals surface area contributed by atoms with Gasteiger partial charge in [0.25, 0.3) is 5.24 Å². The Labute approximate surface area is 105 Å². The molecule has 1 amide bonds. The summed E-state index contributed by atoms with van der Waals surface area (Å²) in [5.41, 5.74) is 2.50. The molecule has 4 nitrogen and oxygen atoms in total. The van der Waals surface area contributed by atoms with Gasteiger partial charge in [0, 0.05) is 12.0 Å². The van der Waals surface area contributed by atoms with Crippen molar-refractivity contribution in [2.45, 2.75) is 19.3 Å². The van der Waals surface area contributed by atoms with Crippen LogP contribution in [0.5, 0.6) is 0 Å². The predicted molar refractivity (Wildman–Crippen MR) is 69.4 cm³/mol. The molecule has 90 valence electrons. The molecule has 0 saturated carbocycles. The van der Waals surface area contributed by atoms with E-state index in [2.05, 4.69) is 22.9 Å². The number of nitrogens with zero attached hydrogens (tertiary/aromatic N) is 1. The molecule has 0 radical (unpaired) electrons. The van der Waals surface area contributed by atoms with Crippen LogP contribution in [0, 0.1) is 0 Å². The molecule has 0 aliphatic heterocycles. The lowest BCUT2D eigenvalue weighted by molar-refractivity contribution is 0.259. The highest BCUT2D eigenvalue weighted by Crippen LogP contribution is 2.25. The Morgan fingerprint density at radius 2 is 2.29 bits per heavy atom. The Kier molecular flexibility index (Phi) is 3.11. The molecule has 0 bridgehead atoms. The molecular weight excluding hydrogens is 236 g/mol. The van der Waals surface area contributed by atoms with E-state index in [9.17, 15) is 4.79 Å². The molecule has 0 saturated heterocycles. The molecule has 0 spiro atoms. The minimum Gasteiger partial charge on any atom is -0.443 e. The van der Waals surface area contributed by atoms with Gasteiger partial charge < -0.3 is 9.73 Å². The number of oxazole rings is 1. The molecule has 0 aliphatic rings. The fourth-order valence-corrected chi connectivity index (χ4v) is 1.75. The molecule has 5 heteroatoms. The van der Waals surface area contributed by atoms with E-state index >= 15 is 0 Å². The van der Waals surface area contributed by atoms with E-state index in [1.54, 1.807) is 0 Å². The first-order chi connectivity index (χ1) is 7.99. The number of rotatable bonds is 3. The van der Waals surface area contributed by atoms with E-state index in [0.29, 0.717) is 6.54 Å². The number of nitrogens with one attached hydrogen (secondary N) is 1. The second-order valence-electron chi connectivity index (χ2n) is 4.58. The summed E-state index contributed by atoms with van der Waals surface area (Å²) in [6.45, 7) is 4.62. The minimum absolute atomic E-state index is 0.181. The van der Waals surface area contributed by atoms with E-state index in [4.69, 9.17) is 4.42 Å². The van der Waals surface area contributed by atoms with E-state index in [1.165, 1.54) is 6.39 Å². The van der Waals surface area contributed by atoms with Crippen molar-refractivity contribution in [3.8, 4) is 0 Å². The van der Waals surface area contributed by atoms with Crippen LogP contribution in [-0.2, 0) is 5.41 Å². The van der Waals surface area contributed by atoms with Crippen molar-refractivity contribution in [1.82, 2.24) is 10.3 Å². The van der Waals surface area contributed by atoms with E-state index in [0.717, 1.165) is 16.7 Å². The fraction of sp³-hybridized carbons (Fsp3) is 0.333. The second-order valence-corrected chi connectivity index (χ2v) is 4.98. The minimum atomic E-state index is -0.321. The van der Waals surface area contributed by atoms with Crippen molar-refractivity contribution >= 4 is 29.0 Å². The molecule has 0 aliphatic carbocycles. The number of fused-ring (bicyclic) bond motifs is 1. The molecule has 1 N–H and O–H groups in total. The Balaban J connectivity index is 2.27. The zero-order valence-corrected chi connectivity index (χ0v) is 10.6. The molecule has 0 atom stereocenters. The van der Waals surface area contributed by atoms with E-state index in [1.807, 2.05) is 32.0 Å². The molecule has 1 aromatic carbocycles. The van der Waals surface area contributed by atoms with Crippen LogP contribution >= 0.6 is 12.6 Å². The third-order valence-electron chi connectivity index (χ3n) is 2.79. The van der Waals surface area contributed by atoms with Gasteiger partial charge in [0.15, 0.2) is 12.0 Å². The van der Waals surface area contributed by atoms with Gasteiger partial charge in [0.2, 0.25) is 0 Å². The smallest absolute Gasteiger partial charge is 0.276 e. The van der Waals surface area contributed by atoms with Gasteiger partial charge in [-0.3, -0.25) is 4.79 Å².